The van der Waals surface area contributed by atoms with E-state index >= 15 is 0 Å². The molecular formula is C48H62FN7O8S. The van der Waals surface area contributed by atoms with Crippen LogP contribution in [0.5, 0.6) is 0 Å². The summed E-state index contributed by atoms with van der Waals surface area (Å²) in [5.41, 5.74) is 11.1. The lowest BCUT2D eigenvalue weighted by molar-refractivity contribution is -0.144. The van der Waals surface area contributed by atoms with Crippen LogP contribution in [0.4, 0.5) is 21.5 Å². The molecule has 7 N–H and O–H groups in total. The van der Waals surface area contributed by atoms with E-state index in [-0.39, 0.29) is 50.2 Å². The van der Waals surface area contributed by atoms with Crippen LogP contribution < -0.4 is 27.0 Å². The number of carbonyl (C=O) groups excluding carboxylic acids is 5. The fourth-order valence-electron chi connectivity index (χ4n) is 7.35. The van der Waals surface area contributed by atoms with Crippen molar-refractivity contribution >= 4 is 57.9 Å². The molecule has 1 aromatic heterocycles. The first-order valence-corrected chi connectivity index (χ1v) is 22.9. The lowest BCUT2D eigenvalue weighted by Crippen LogP contribution is -2.58. The summed E-state index contributed by atoms with van der Waals surface area (Å²) in [5, 5.41) is 21.7. The van der Waals surface area contributed by atoms with Crippen LogP contribution in [0.25, 0.3) is 10.4 Å². The number of hydrogen-bond acceptors (Lipinski definition) is 11. The molecule has 2 heterocycles. The van der Waals surface area contributed by atoms with Gasteiger partial charge in [-0.05, 0) is 78.8 Å². The number of nitrogen functional groups attached to an aromatic ring is 1. The van der Waals surface area contributed by atoms with Crippen LogP contribution in [0.1, 0.15) is 93.8 Å². The number of carbonyl (C=O) groups is 5. The van der Waals surface area contributed by atoms with Gasteiger partial charge < -0.3 is 46.5 Å². The van der Waals surface area contributed by atoms with Crippen LogP contribution in [-0.2, 0) is 35.2 Å². The molecule has 1 saturated heterocycles. The predicted molar refractivity (Wildman–Crippen MR) is 249 cm³/mol. The minimum Gasteiger partial charge on any atom is -0.397 e. The Morgan fingerprint density at radius 2 is 1.51 bits per heavy atom. The summed E-state index contributed by atoms with van der Waals surface area (Å²) in [6, 6.07) is 16.1. The van der Waals surface area contributed by atoms with E-state index in [1.807, 2.05) is 57.5 Å². The molecule has 350 valence electrons. The number of benzene rings is 3. The Labute approximate surface area is 384 Å². The number of aliphatic hydroxyl groups excluding tert-OH is 1. The molecule has 15 nitrogen and oxygen atoms in total. The molecule has 1 aliphatic rings. The first kappa shape index (κ1) is 50.3. The summed E-state index contributed by atoms with van der Waals surface area (Å²) in [7, 11) is 0. The molecule has 1 fully saturated rings. The molecule has 65 heavy (non-hydrogen) atoms. The number of nitrogens with two attached hydrogens (primary N) is 1. The van der Waals surface area contributed by atoms with E-state index in [1.54, 1.807) is 35.6 Å². The van der Waals surface area contributed by atoms with Gasteiger partial charge >= 0.3 is 0 Å². The van der Waals surface area contributed by atoms with Crippen molar-refractivity contribution in [2.45, 2.75) is 104 Å². The number of aromatic nitrogens is 1. The number of nitrogens with zero attached hydrogens (tertiary/aromatic N) is 2. The largest absolute Gasteiger partial charge is 0.397 e. The second-order valence-electron chi connectivity index (χ2n) is 17.3. The molecule has 0 aliphatic carbocycles. The summed E-state index contributed by atoms with van der Waals surface area (Å²) in [6.07, 6.45) is 5.82. The summed E-state index contributed by atoms with van der Waals surface area (Å²) in [6.45, 7) is 8.31. The number of unbranched alkanes of at least 4 members (excludes halogenated alkanes) is 6. The number of likely N-dealkylation sites (tertiary alicyclic amines) is 1. The topological polar surface area (TPSA) is 214 Å². The van der Waals surface area contributed by atoms with Crippen molar-refractivity contribution < 1.29 is 42.9 Å². The van der Waals surface area contributed by atoms with Gasteiger partial charge in [-0.25, -0.2) is 9.37 Å². The lowest BCUT2D eigenvalue weighted by Gasteiger charge is -2.35. The van der Waals surface area contributed by atoms with Gasteiger partial charge in [0.05, 0.1) is 33.6 Å². The third kappa shape index (κ3) is 15.7. The number of β-amino-alcohol motifs (C(OH)–C–C–N with tert-alkyl or cyclic N) is 1. The van der Waals surface area contributed by atoms with Gasteiger partial charge in [-0.3, -0.25) is 24.0 Å². The number of rotatable bonds is 23. The summed E-state index contributed by atoms with van der Waals surface area (Å²) in [4.78, 5) is 71.9. The molecule has 5 rings (SSSR count). The van der Waals surface area contributed by atoms with Crippen molar-refractivity contribution in [2.24, 2.45) is 5.41 Å². The molecule has 1 aliphatic heterocycles. The first-order chi connectivity index (χ1) is 31.1. The van der Waals surface area contributed by atoms with Gasteiger partial charge in [0, 0.05) is 44.0 Å². The maximum Gasteiger partial charge on any atom is 0.255 e. The SMILES string of the molecule is Cc1ncsc1-c1ccc(CNC(=O)[C@@H]2C[C@@H](O)CN2C(=O)[C@@H](NC(=O)COCCCCCCCCCOCC(=O)Nc2ccc(C(=O)Nc3ccc(F)cc3N)cc2)C(C)(C)C)cc1. The Morgan fingerprint density at radius 3 is 2.11 bits per heavy atom. The van der Waals surface area contributed by atoms with Gasteiger partial charge in [-0.15, -0.1) is 11.3 Å². The predicted octanol–water partition coefficient (Wildman–Crippen LogP) is 6.60. The molecule has 0 saturated carbocycles. The maximum absolute atomic E-state index is 13.9. The highest BCUT2D eigenvalue weighted by Gasteiger charge is 2.44. The van der Waals surface area contributed by atoms with E-state index in [1.165, 1.54) is 17.0 Å². The van der Waals surface area contributed by atoms with E-state index in [2.05, 4.69) is 26.3 Å². The Bertz CT molecular complexity index is 2210. The van der Waals surface area contributed by atoms with Crippen LogP contribution in [0.3, 0.4) is 0 Å². The van der Waals surface area contributed by atoms with Gasteiger partial charge in [0.1, 0.15) is 31.1 Å². The fraction of sp³-hybridized carbons (Fsp3) is 0.458. The minimum atomic E-state index is -0.936. The molecule has 0 spiro atoms. The van der Waals surface area contributed by atoms with Crippen molar-refractivity contribution in [1.29, 1.82) is 0 Å². The van der Waals surface area contributed by atoms with E-state index in [9.17, 15) is 33.5 Å². The normalized spacial score (nSPS) is 15.3. The van der Waals surface area contributed by atoms with Crippen molar-refractivity contribution in [3.8, 4) is 10.4 Å². The monoisotopic (exact) mass is 915 g/mol. The number of aryl methyl sites for hydroxylation is 1. The highest BCUT2D eigenvalue weighted by Crippen LogP contribution is 2.29. The first-order valence-electron chi connectivity index (χ1n) is 22.1. The molecule has 17 heteroatoms. The number of halogens is 1. The number of nitrogens with one attached hydrogen (secondary N) is 4. The second kappa shape index (κ2) is 24.5. The number of hydrogen-bond donors (Lipinski definition) is 6. The average Bonchev–Trinajstić information content (AvgIpc) is 3.89. The highest BCUT2D eigenvalue weighted by atomic mass is 32.1. The molecule has 0 unspecified atom stereocenters. The third-order valence-corrected chi connectivity index (χ3v) is 11.9. The minimum absolute atomic E-state index is 0.00570. The van der Waals surface area contributed by atoms with E-state index in [0.29, 0.717) is 30.2 Å². The van der Waals surface area contributed by atoms with Gasteiger partial charge in [0.25, 0.3) is 5.91 Å². The highest BCUT2D eigenvalue weighted by molar-refractivity contribution is 7.13. The van der Waals surface area contributed by atoms with Gasteiger partial charge in [-0.2, -0.15) is 0 Å². The van der Waals surface area contributed by atoms with E-state index in [4.69, 9.17) is 15.2 Å². The Morgan fingerprint density at radius 1 is 0.877 bits per heavy atom. The van der Waals surface area contributed by atoms with Crippen LogP contribution in [0.15, 0.2) is 72.2 Å². The number of aliphatic hydroxyl groups is 1. The van der Waals surface area contributed by atoms with Crippen LogP contribution in [0.2, 0.25) is 0 Å². The number of amides is 5. The molecule has 3 atom stereocenters. The Hall–Kier alpha value is -5.75. The summed E-state index contributed by atoms with van der Waals surface area (Å²) < 4.78 is 24.5. The molecular weight excluding hydrogens is 854 g/mol. The smallest absolute Gasteiger partial charge is 0.255 e. The molecule has 0 bridgehead atoms. The summed E-state index contributed by atoms with van der Waals surface area (Å²) in [5.74, 6) is -2.44. The van der Waals surface area contributed by atoms with Crippen LogP contribution >= 0.6 is 11.3 Å². The molecule has 5 amide bonds. The molecule has 4 aromatic rings. The molecule has 3 aromatic carbocycles. The zero-order valence-corrected chi connectivity index (χ0v) is 38.4. The van der Waals surface area contributed by atoms with Crippen molar-refractivity contribution in [3.63, 3.8) is 0 Å². The fourth-order valence-corrected chi connectivity index (χ4v) is 8.16. The van der Waals surface area contributed by atoms with Crippen LogP contribution in [0, 0.1) is 18.2 Å². The Balaban J connectivity index is 0.898. The zero-order valence-electron chi connectivity index (χ0n) is 37.6. The van der Waals surface area contributed by atoms with Crippen LogP contribution in [-0.4, -0.2) is 95.7 Å². The standard InChI is InChI=1S/C48H62FN7O8S/c1-31-43(65-30-52-31)33-14-12-32(13-15-33)26-51-46(61)40-25-37(57)27-56(40)47(62)44(48(2,3)4)55-42(59)29-64-23-11-9-7-5-6-8-10-22-63-28-41(58)53-36-19-16-34(17-20-36)45(60)54-39-21-18-35(49)24-38(39)50/h12-21,24,30,37,40,44,57H,5-11,22-23,25-29,50H2,1-4H3,(H,51,61)(H,53,58)(H,54,60)(H,55,59)/t37-,40+,44-/m1/s1. The maximum atomic E-state index is 13.9. The van der Waals surface area contributed by atoms with Crippen molar-refractivity contribution in [2.75, 3.05) is 49.3 Å². The Kier molecular flexibility index (Phi) is 19.0. The zero-order chi connectivity index (χ0) is 46.9. The number of ether oxygens (including phenoxy) is 2. The average molecular weight is 916 g/mol. The third-order valence-electron chi connectivity index (χ3n) is 10.9. The van der Waals surface area contributed by atoms with Gasteiger partial charge in [0.15, 0.2) is 0 Å². The van der Waals surface area contributed by atoms with Crippen molar-refractivity contribution in [1.82, 2.24) is 20.5 Å². The molecule has 0 radical (unpaired) electrons. The quantitative estimate of drug-likeness (QED) is 0.0346. The summed E-state index contributed by atoms with van der Waals surface area (Å²) >= 11 is 1.57. The van der Waals surface area contributed by atoms with E-state index in [0.717, 1.165) is 72.7 Å². The number of thiazole rings is 1. The van der Waals surface area contributed by atoms with Gasteiger partial charge in [0.2, 0.25) is 23.6 Å². The second-order valence-corrected chi connectivity index (χ2v) is 18.2. The van der Waals surface area contributed by atoms with Gasteiger partial charge in [-0.1, -0.05) is 77.1 Å². The number of anilines is 3. The van der Waals surface area contributed by atoms with Crippen molar-refractivity contribution in [3.05, 3.63) is 94.9 Å². The lowest BCUT2D eigenvalue weighted by atomic mass is 9.85. The van der Waals surface area contributed by atoms with E-state index < -0.39 is 47.1 Å².